The van der Waals surface area contributed by atoms with Gasteiger partial charge >= 0.3 is 5.97 Å². The highest BCUT2D eigenvalue weighted by atomic mass is 79.9. The molecule has 2 amide bonds. The third-order valence-electron chi connectivity index (χ3n) is 3.25. The zero-order valence-corrected chi connectivity index (χ0v) is 14.3. The topological polar surface area (TPSA) is 86.7 Å². The first-order valence-electron chi connectivity index (χ1n) is 6.66. The highest BCUT2D eigenvalue weighted by Crippen LogP contribution is 2.36. The van der Waals surface area contributed by atoms with E-state index in [1.165, 1.54) is 6.92 Å². The van der Waals surface area contributed by atoms with Gasteiger partial charge in [0.05, 0.1) is 6.42 Å². The Morgan fingerprint density at radius 2 is 2.09 bits per heavy atom. The first-order chi connectivity index (χ1) is 10.4. The maximum absolute atomic E-state index is 11.6. The van der Waals surface area contributed by atoms with Crippen LogP contribution in [0.3, 0.4) is 0 Å². The Morgan fingerprint density at radius 1 is 1.36 bits per heavy atom. The van der Waals surface area contributed by atoms with E-state index in [-0.39, 0.29) is 24.7 Å². The van der Waals surface area contributed by atoms with E-state index in [1.54, 1.807) is 4.90 Å². The maximum Gasteiger partial charge on any atom is 0.303 e. The van der Waals surface area contributed by atoms with Gasteiger partial charge in [-0.2, -0.15) is 0 Å². The van der Waals surface area contributed by atoms with E-state index in [2.05, 4.69) is 20.7 Å². The van der Waals surface area contributed by atoms with Crippen molar-refractivity contribution in [2.75, 3.05) is 11.4 Å². The SMILES string of the molecule is CC(=O)N1CCc2cc(Br)c(SNC(=O)CCC(=O)O)cc21. The highest BCUT2D eigenvalue weighted by molar-refractivity contribution is 9.10. The van der Waals surface area contributed by atoms with Gasteiger partial charge in [-0.3, -0.25) is 19.1 Å². The van der Waals surface area contributed by atoms with E-state index in [0.717, 1.165) is 39.0 Å². The fourth-order valence-corrected chi connectivity index (χ4v) is 3.46. The molecule has 2 N–H and O–H groups in total. The molecule has 0 bridgehead atoms. The lowest BCUT2D eigenvalue weighted by atomic mass is 10.2. The second-order valence-corrected chi connectivity index (χ2v) is 6.56. The third-order valence-corrected chi connectivity index (χ3v) is 5.06. The summed E-state index contributed by atoms with van der Waals surface area (Å²) in [7, 11) is 0. The van der Waals surface area contributed by atoms with Gasteiger partial charge < -0.3 is 10.0 Å². The number of carboxylic acid groups (broad SMARTS) is 1. The number of benzene rings is 1. The Bertz CT molecular complexity index is 636. The van der Waals surface area contributed by atoms with Gasteiger partial charge in [0, 0.05) is 34.9 Å². The van der Waals surface area contributed by atoms with E-state index < -0.39 is 5.97 Å². The Hall–Kier alpha value is -1.54. The maximum atomic E-state index is 11.6. The Kier molecular flexibility index (Phi) is 5.47. The third kappa shape index (κ3) is 4.01. The molecule has 1 aromatic carbocycles. The molecule has 0 saturated heterocycles. The van der Waals surface area contributed by atoms with Crippen LogP contribution in [0.2, 0.25) is 0 Å². The molecule has 1 aliphatic rings. The number of carbonyl (C=O) groups is 3. The molecule has 0 atom stereocenters. The van der Waals surface area contributed by atoms with Gasteiger partial charge in [0.25, 0.3) is 0 Å². The minimum Gasteiger partial charge on any atom is -0.481 e. The van der Waals surface area contributed by atoms with Crippen molar-refractivity contribution in [3.8, 4) is 0 Å². The van der Waals surface area contributed by atoms with Crippen LogP contribution in [0, 0.1) is 0 Å². The number of nitrogens with zero attached hydrogens (tertiary/aromatic N) is 1. The predicted octanol–water partition coefficient (Wildman–Crippen LogP) is 2.35. The number of carboxylic acids is 1. The van der Waals surface area contributed by atoms with Crippen molar-refractivity contribution < 1.29 is 19.5 Å². The number of amides is 2. The van der Waals surface area contributed by atoms with Crippen molar-refractivity contribution in [1.82, 2.24) is 4.72 Å². The molecule has 0 unspecified atom stereocenters. The van der Waals surface area contributed by atoms with Gasteiger partial charge in [0.2, 0.25) is 11.8 Å². The van der Waals surface area contributed by atoms with Crippen LogP contribution in [-0.4, -0.2) is 29.4 Å². The molecule has 0 fully saturated rings. The fourth-order valence-electron chi connectivity index (χ4n) is 2.18. The van der Waals surface area contributed by atoms with Crippen molar-refractivity contribution >= 4 is 51.3 Å². The molecule has 0 radical (unpaired) electrons. The zero-order chi connectivity index (χ0) is 16.3. The van der Waals surface area contributed by atoms with Crippen molar-refractivity contribution in [1.29, 1.82) is 0 Å². The smallest absolute Gasteiger partial charge is 0.303 e. The minimum absolute atomic E-state index is 0.0116. The molecule has 0 saturated carbocycles. The lowest BCUT2D eigenvalue weighted by molar-refractivity contribution is -0.138. The van der Waals surface area contributed by atoms with Crippen molar-refractivity contribution in [3.05, 3.63) is 22.2 Å². The van der Waals surface area contributed by atoms with Gasteiger partial charge in [-0.1, -0.05) is 0 Å². The van der Waals surface area contributed by atoms with Gasteiger partial charge in [0.15, 0.2) is 0 Å². The number of carbonyl (C=O) groups excluding carboxylic acids is 2. The van der Waals surface area contributed by atoms with Crippen molar-refractivity contribution in [3.63, 3.8) is 0 Å². The molecule has 1 aliphatic heterocycles. The molecule has 118 valence electrons. The van der Waals surface area contributed by atoms with Gasteiger partial charge in [-0.05, 0) is 52.0 Å². The highest BCUT2D eigenvalue weighted by Gasteiger charge is 2.23. The molecular formula is C14H15BrN2O4S. The van der Waals surface area contributed by atoms with Crippen LogP contribution in [0.25, 0.3) is 0 Å². The van der Waals surface area contributed by atoms with Crippen LogP contribution in [0.15, 0.2) is 21.5 Å². The molecule has 8 heteroatoms. The van der Waals surface area contributed by atoms with E-state index in [4.69, 9.17) is 5.11 Å². The van der Waals surface area contributed by atoms with Crippen molar-refractivity contribution in [2.45, 2.75) is 31.1 Å². The summed E-state index contributed by atoms with van der Waals surface area (Å²) in [6, 6.07) is 3.81. The molecule has 1 heterocycles. The number of halogens is 1. The van der Waals surface area contributed by atoms with E-state index in [9.17, 15) is 14.4 Å². The number of rotatable bonds is 5. The summed E-state index contributed by atoms with van der Waals surface area (Å²) in [5, 5.41) is 8.55. The molecule has 2 rings (SSSR count). The average molecular weight is 387 g/mol. The molecule has 1 aromatic rings. The normalized spacial score (nSPS) is 12.9. The van der Waals surface area contributed by atoms with Gasteiger partial charge in [-0.25, -0.2) is 0 Å². The minimum atomic E-state index is -1.00. The zero-order valence-electron chi connectivity index (χ0n) is 11.9. The van der Waals surface area contributed by atoms with Crippen LogP contribution >= 0.6 is 27.9 Å². The van der Waals surface area contributed by atoms with Gasteiger partial charge in [0.1, 0.15) is 0 Å². The van der Waals surface area contributed by atoms with Crippen LogP contribution in [0.1, 0.15) is 25.3 Å². The lowest BCUT2D eigenvalue weighted by Gasteiger charge is -2.16. The number of hydrogen-bond donors (Lipinski definition) is 2. The Balaban J connectivity index is 2.06. The number of fused-ring (bicyclic) bond motifs is 1. The predicted molar refractivity (Wildman–Crippen MR) is 86.7 cm³/mol. The summed E-state index contributed by atoms with van der Waals surface area (Å²) in [6.45, 7) is 2.19. The number of nitrogens with one attached hydrogen (secondary N) is 1. The molecule has 0 aliphatic carbocycles. The molecular weight excluding hydrogens is 372 g/mol. The van der Waals surface area contributed by atoms with Crippen LogP contribution < -0.4 is 9.62 Å². The monoisotopic (exact) mass is 386 g/mol. The van der Waals surface area contributed by atoms with E-state index in [0.29, 0.717) is 6.54 Å². The lowest BCUT2D eigenvalue weighted by Crippen LogP contribution is -2.25. The first-order valence-corrected chi connectivity index (χ1v) is 8.27. The summed E-state index contributed by atoms with van der Waals surface area (Å²) in [5.74, 6) is -1.36. The van der Waals surface area contributed by atoms with Crippen LogP contribution in [-0.2, 0) is 20.8 Å². The van der Waals surface area contributed by atoms with E-state index >= 15 is 0 Å². The number of anilines is 1. The Morgan fingerprint density at radius 3 is 2.73 bits per heavy atom. The summed E-state index contributed by atoms with van der Waals surface area (Å²) < 4.78 is 3.44. The second-order valence-electron chi connectivity index (χ2n) is 4.85. The Labute approximate surface area is 140 Å². The second kappa shape index (κ2) is 7.15. The fraction of sp³-hybridized carbons (Fsp3) is 0.357. The van der Waals surface area contributed by atoms with Crippen LogP contribution in [0.4, 0.5) is 5.69 Å². The molecule has 22 heavy (non-hydrogen) atoms. The molecule has 0 spiro atoms. The summed E-state index contributed by atoms with van der Waals surface area (Å²) >= 11 is 4.56. The number of hydrogen-bond acceptors (Lipinski definition) is 4. The quantitative estimate of drug-likeness (QED) is 0.758. The van der Waals surface area contributed by atoms with E-state index in [1.807, 2.05) is 12.1 Å². The molecule has 0 aromatic heterocycles. The van der Waals surface area contributed by atoms with Crippen molar-refractivity contribution in [2.24, 2.45) is 0 Å². The summed E-state index contributed by atoms with van der Waals surface area (Å²) in [4.78, 5) is 36.1. The number of aliphatic carboxylic acids is 1. The standard InChI is InChI=1S/C14H15BrN2O4S/c1-8(18)17-5-4-9-6-10(15)12(7-11(9)17)22-16-13(19)2-3-14(20)21/h6-7H,2-5H2,1H3,(H,16,19)(H,20,21). The first kappa shape index (κ1) is 16.8. The summed E-state index contributed by atoms with van der Waals surface area (Å²) in [5.41, 5.74) is 1.95. The largest absolute Gasteiger partial charge is 0.481 e. The van der Waals surface area contributed by atoms with Crippen LogP contribution in [0.5, 0.6) is 0 Å². The van der Waals surface area contributed by atoms with Gasteiger partial charge in [-0.15, -0.1) is 0 Å². The summed E-state index contributed by atoms with van der Waals surface area (Å²) in [6.07, 6.45) is 0.545. The molecule has 6 nitrogen and oxygen atoms in total. The average Bonchev–Trinajstić information content (AvgIpc) is 2.85.